The Morgan fingerprint density at radius 2 is 1.79 bits per heavy atom. The van der Waals surface area contributed by atoms with Gasteiger partial charge in [-0.3, -0.25) is 9.88 Å². The fourth-order valence-electron chi connectivity index (χ4n) is 4.05. The number of halogens is 1. The zero-order valence-electron chi connectivity index (χ0n) is 17.8. The van der Waals surface area contributed by atoms with Crippen molar-refractivity contribution in [1.82, 2.24) is 30.5 Å². The Balaban J connectivity index is 0.00000300. The maximum atomic E-state index is 4.74. The first-order chi connectivity index (χ1) is 13.4. The van der Waals surface area contributed by atoms with Crippen LogP contribution in [0.15, 0.2) is 48.7 Å². The van der Waals surface area contributed by atoms with Crippen molar-refractivity contribution < 1.29 is 0 Å². The quantitative estimate of drug-likeness (QED) is 0.599. The van der Waals surface area contributed by atoms with Gasteiger partial charge in [-0.2, -0.15) is 5.21 Å². The van der Waals surface area contributed by atoms with E-state index in [9.17, 15) is 0 Å². The second kappa shape index (κ2) is 9.94. The molecule has 3 rings (SSSR count). The smallest absolute Gasteiger partial charge is 0.191 e. The Morgan fingerprint density at radius 3 is 2.34 bits per heavy atom. The lowest BCUT2D eigenvalue weighted by Crippen LogP contribution is -2.42. The molecule has 1 aromatic carbocycles. The van der Waals surface area contributed by atoms with Crippen molar-refractivity contribution in [2.75, 3.05) is 6.54 Å². The number of benzene rings is 1. The van der Waals surface area contributed by atoms with E-state index in [1.165, 1.54) is 5.56 Å². The third-order valence-corrected chi connectivity index (χ3v) is 5.41. The molecular weight excluding hydrogens is 384 g/mol. The van der Waals surface area contributed by atoms with Crippen molar-refractivity contribution in [1.29, 1.82) is 0 Å². The van der Waals surface area contributed by atoms with Crippen LogP contribution in [0.4, 0.5) is 0 Å². The van der Waals surface area contributed by atoms with Crippen LogP contribution in [0.3, 0.4) is 0 Å². The number of nitrogens with zero attached hydrogens (tertiary/aromatic N) is 5. The monoisotopic (exact) mass is 414 g/mol. The first-order valence-electron chi connectivity index (χ1n) is 9.93. The first kappa shape index (κ1) is 23.0. The van der Waals surface area contributed by atoms with Gasteiger partial charge in [0.1, 0.15) is 5.41 Å². The molecule has 1 atom stereocenters. The Labute approximate surface area is 179 Å². The second-order valence-corrected chi connectivity index (χ2v) is 7.90. The third kappa shape index (κ3) is 4.82. The van der Waals surface area contributed by atoms with Crippen molar-refractivity contribution in [3.05, 3.63) is 71.3 Å². The minimum absolute atomic E-state index is 0. The number of rotatable bonds is 8. The van der Waals surface area contributed by atoms with Crippen molar-refractivity contribution in [2.24, 2.45) is 0 Å². The number of aromatic amines is 1. The zero-order chi connectivity index (χ0) is 20.1. The highest BCUT2D eigenvalue weighted by molar-refractivity contribution is 5.85. The number of hydrogen-bond donors (Lipinski definition) is 1. The molecule has 0 radical (unpaired) electrons. The highest BCUT2D eigenvalue weighted by Gasteiger charge is 2.42. The van der Waals surface area contributed by atoms with Crippen LogP contribution < -0.4 is 0 Å². The van der Waals surface area contributed by atoms with Gasteiger partial charge in [0, 0.05) is 24.8 Å². The molecular formula is C22H31ClN6. The Bertz CT molecular complexity index is 858. The molecule has 0 bridgehead atoms. The van der Waals surface area contributed by atoms with Crippen molar-refractivity contribution in [2.45, 2.75) is 58.5 Å². The third-order valence-electron chi connectivity index (χ3n) is 5.41. The number of H-pyrrole nitrogens is 1. The highest BCUT2D eigenvalue weighted by Crippen LogP contribution is 2.39. The molecule has 1 N–H and O–H groups in total. The van der Waals surface area contributed by atoms with Gasteiger partial charge in [-0.15, -0.1) is 22.6 Å². The van der Waals surface area contributed by atoms with Crippen LogP contribution in [0, 0.1) is 6.92 Å². The summed E-state index contributed by atoms with van der Waals surface area (Å²) in [7, 11) is 0. The number of nitrogens with one attached hydrogen (secondary N) is 1. The summed E-state index contributed by atoms with van der Waals surface area (Å²) in [6.45, 7) is 12.0. The summed E-state index contributed by atoms with van der Waals surface area (Å²) >= 11 is 0. The van der Waals surface area contributed by atoms with E-state index in [4.69, 9.17) is 4.98 Å². The summed E-state index contributed by atoms with van der Waals surface area (Å²) in [4.78, 5) is 7.23. The minimum Gasteiger partial charge on any atom is -0.298 e. The number of aryl methyl sites for hydroxylation is 1. The predicted octanol–water partition coefficient (Wildman–Crippen LogP) is 4.17. The fourth-order valence-corrected chi connectivity index (χ4v) is 4.05. The molecule has 0 spiro atoms. The molecule has 0 aliphatic rings. The average molecular weight is 415 g/mol. The van der Waals surface area contributed by atoms with Crippen molar-refractivity contribution in [3.8, 4) is 0 Å². The van der Waals surface area contributed by atoms with E-state index in [0.717, 1.165) is 24.2 Å². The van der Waals surface area contributed by atoms with E-state index in [1.54, 1.807) is 0 Å². The maximum Gasteiger partial charge on any atom is 0.191 e. The van der Waals surface area contributed by atoms with Crippen LogP contribution in [0.25, 0.3) is 0 Å². The standard InChI is InChI=1S/C22H30N6.ClH/c1-16(2)28(17(3)4)14-12-22(21-24-26-27-25-21,20-11-6-7-13-23-20)19-10-8-9-18(5)15-19;/h6-11,13,15-17H,12,14H2,1-5H3,(H,24,25,26,27);1H. The largest absolute Gasteiger partial charge is 0.298 e. The average Bonchev–Trinajstić information content (AvgIpc) is 3.20. The molecule has 156 valence electrons. The van der Waals surface area contributed by atoms with Gasteiger partial charge in [-0.1, -0.05) is 41.1 Å². The Kier molecular flexibility index (Phi) is 7.88. The lowest BCUT2D eigenvalue weighted by atomic mass is 9.73. The van der Waals surface area contributed by atoms with Gasteiger partial charge in [-0.25, -0.2) is 0 Å². The van der Waals surface area contributed by atoms with Gasteiger partial charge in [0.05, 0.1) is 5.69 Å². The Morgan fingerprint density at radius 1 is 1.03 bits per heavy atom. The zero-order valence-corrected chi connectivity index (χ0v) is 18.6. The molecule has 0 aliphatic carbocycles. The van der Waals surface area contributed by atoms with Crippen LogP contribution in [0.5, 0.6) is 0 Å². The van der Waals surface area contributed by atoms with E-state index < -0.39 is 5.41 Å². The molecule has 2 heterocycles. The minimum atomic E-state index is -0.567. The van der Waals surface area contributed by atoms with E-state index in [0.29, 0.717) is 17.9 Å². The van der Waals surface area contributed by atoms with Crippen LogP contribution in [-0.4, -0.2) is 49.1 Å². The lowest BCUT2D eigenvalue weighted by Gasteiger charge is -2.36. The summed E-state index contributed by atoms with van der Waals surface area (Å²) in [5.41, 5.74) is 2.71. The van der Waals surface area contributed by atoms with Crippen molar-refractivity contribution in [3.63, 3.8) is 0 Å². The van der Waals surface area contributed by atoms with Crippen LogP contribution in [0.2, 0.25) is 0 Å². The van der Waals surface area contributed by atoms with Gasteiger partial charge >= 0.3 is 0 Å². The highest BCUT2D eigenvalue weighted by atomic mass is 35.5. The van der Waals surface area contributed by atoms with Crippen LogP contribution in [-0.2, 0) is 5.41 Å². The molecule has 3 aromatic rings. The lowest BCUT2D eigenvalue weighted by molar-refractivity contribution is 0.163. The second-order valence-electron chi connectivity index (χ2n) is 7.90. The van der Waals surface area contributed by atoms with Gasteiger partial charge in [0.2, 0.25) is 0 Å². The topological polar surface area (TPSA) is 70.6 Å². The van der Waals surface area contributed by atoms with Crippen molar-refractivity contribution >= 4 is 12.4 Å². The van der Waals surface area contributed by atoms with E-state index in [-0.39, 0.29) is 12.4 Å². The molecule has 6 nitrogen and oxygen atoms in total. The number of aromatic nitrogens is 5. The molecule has 29 heavy (non-hydrogen) atoms. The molecule has 1 unspecified atom stereocenters. The molecule has 0 fully saturated rings. The fraction of sp³-hybridized carbons (Fsp3) is 0.455. The summed E-state index contributed by atoms with van der Waals surface area (Å²) in [5.74, 6) is 0.657. The van der Waals surface area contributed by atoms with E-state index >= 15 is 0 Å². The number of tetrazole rings is 1. The summed E-state index contributed by atoms with van der Waals surface area (Å²) in [6, 6.07) is 15.5. The van der Waals surface area contributed by atoms with E-state index in [2.05, 4.69) is 90.5 Å². The SMILES string of the molecule is Cc1cccc(C(CCN(C(C)C)C(C)C)(c2ccccn2)c2nn[nH]n2)c1.Cl. The molecule has 0 saturated carbocycles. The van der Waals surface area contributed by atoms with Gasteiger partial charge in [0.15, 0.2) is 5.82 Å². The molecule has 0 saturated heterocycles. The molecule has 2 aromatic heterocycles. The normalized spacial score (nSPS) is 13.5. The van der Waals surface area contributed by atoms with Crippen LogP contribution in [0.1, 0.15) is 56.8 Å². The maximum absolute atomic E-state index is 4.74. The van der Waals surface area contributed by atoms with Gasteiger partial charge in [-0.05, 0) is 58.7 Å². The predicted molar refractivity (Wildman–Crippen MR) is 118 cm³/mol. The summed E-state index contributed by atoms with van der Waals surface area (Å²) in [5, 5.41) is 15.4. The van der Waals surface area contributed by atoms with E-state index in [1.807, 2.05) is 18.3 Å². The first-order valence-corrected chi connectivity index (χ1v) is 9.93. The summed E-state index contributed by atoms with van der Waals surface area (Å²) in [6.07, 6.45) is 2.64. The molecule has 0 aliphatic heterocycles. The van der Waals surface area contributed by atoms with Crippen LogP contribution >= 0.6 is 12.4 Å². The molecule has 7 heteroatoms. The van der Waals surface area contributed by atoms with Gasteiger partial charge in [0.25, 0.3) is 0 Å². The molecule has 0 amide bonds. The number of hydrogen-bond acceptors (Lipinski definition) is 5. The Hall–Kier alpha value is -2.31. The summed E-state index contributed by atoms with van der Waals surface area (Å²) < 4.78 is 0. The van der Waals surface area contributed by atoms with Gasteiger partial charge < -0.3 is 0 Å². The number of pyridine rings is 1.